The van der Waals surface area contributed by atoms with Gasteiger partial charge < -0.3 is 19.5 Å². The van der Waals surface area contributed by atoms with E-state index in [1.54, 1.807) is 0 Å². The fourth-order valence-corrected chi connectivity index (χ4v) is 3.86. The van der Waals surface area contributed by atoms with Gasteiger partial charge in [-0.05, 0) is 32.1 Å². The Kier molecular flexibility index (Phi) is 15.8. The van der Waals surface area contributed by atoms with Gasteiger partial charge in [0.25, 0.3) is 0 Å². The van der Waals surface area contributed by atoms with Crippen molar-refractivity contribution in [2.45, 2.75) is 109 Å². The van der Waals surface area contributed by atoms with Crippen LogP contribution in [0.4, 0.5) is 0 Å². The number of rotatable bonds is 20. The van der Waals surface area contributed by atoms with Gasteiger partial charge in [0.2, 0.25) is 0 Å². The topological polar surface area (TPSA) is 77.4 Å². The molecule has 0 aromatic rings. The molecule has 176 valence electrons. The highest BCUT2D eigenvalue weighted by Crippen LogP contribution is 2.19. The van der Waals surface area contributed by atoms with E-state index in [-0.39, 0.29) is 13.0 Å². The van der Waals surface area contributed by atoms with Crippen LogP contribution in [0.1, 0.15) is 103 Å². The third-order valence-corrected chi connectivity index (χ3v) is 5.36. The van der Waals surface area contributed by atoms with Crippen molar-refractivity contribution < 1.29 is 24.3 Å². The van der Waals surface area contributed by atoms with Crippen LogP contribution in [-0.4, -0.2) is 54.6 Å². The zero-order valence-electron chi connectivity index (χ0n) is 20.1. The van der Waals surface area contributed by atoms with Crippen LogP contribution < -0.4 is 5.11 Å². The molecule has 0 rings (SSSR count). The van der Waals surface area contributed by atoms with Gasteiger partial charge in [0.05, 0.1) is 21.1 Å². The Hall–Kier alpha value is -1.20. The molecule has 0 amide bonds. The van der Waals surface area contributed by atoms with E-state index in [1.165, 1.54) is 57.8 Å². The molecule has 0 fully saturated rings. The van der Waals surface area contributed by atoms with Crippen molar-refractivity contribution in [3.63, 3.8) is 0 Å². The van der Waals surface area contributed by atoms with E-state index in [4.69, 9.17) is 0 Å². The quantitative estimate of drug-likeness (QED) is 0.180. The van der Waals surface area contributed by atoms with E-state index >= 15 is 0 Å². The summed E-state index contributed by atoms with van der Waals surface area (Å²) in [4.78, 5) is 23.4. The van der Waals surface area contributed by atoms with Crippen LogP contribution >= 0.6 is 0 Å². The van der Waals surface area contributed by atoms with E-state index in [0.29, 0.717) is 10.9 Å². The molecule has 0 aliphatic carbocycles. The highest BCUT2D eigenvalue weighted by Gasteiger charge is 2.40. The van der Waals surface area contributed by atoms with Gasteiger partial charge in [0.15, 0.2) is 11.4 Å². The molecule has 0 saturated carbocycles. The summed E-state index contributed by atoms with van der Waals surface area (Å²) in [5.74, 6) is -1.78. The molecular weight excluding hydrogens is 378 g/mol. The molecule has 0 heterocycles. The van der Waals surface area contributed by atoms with Crippen LogP contribution in [0.15, 0.2) is 12.2 Å². The van der Waals surface area contributed by atoms with Crippen LogP contribution in [0.25, 0.3) is 0 Å². The molecule has 0 aliphatic rings. The van der Waals surface area contributed by atoms with Crippen molar-refractivity contribution in [3.05, 3.63) is 12.2 Å². The average Bonchev–Trinajstić information content (AvgIpc) is 2.62. The number of ketones is 1. The monoisotopic (exact) mass is 425 g/mol. The zero-order valence-corrected chi connectivity index (χ0v) is 20.1. The standard InChI is InChI=1S/C25H47NO4/c1-5-6-7-8-9-10-11-12-13-14-15-16-17-18-19-20-23(27)25(30,21-24(28)29)22-26(2,3)4/h15-16,30H,5-14,17-22H2,1-4H3. The number of aliphatic carboxylic acids is 1. The van der Waals surface area contributed by atoms with Gasteiger partial charge >= 0.3 is 0 Å². The molecule has 30 heavy (non-hydrogen) atoms. The highest BCUT2D eigenvalue weighted by atomic mass is 16.4. The van der Waals surface area contributed by atoms with Gasteiger partial charge in [-0.15, -0.1) is 0 Å². The summed E-state index contributed by atoms with van der Waals surface area (Å²) < 4.78 is 0.317. The Labute approximate surface area is 185 Å². The molecule has 0 aliphatic heterocycles. The largest absolute Gasteiger partial charge is 0.550 e. The molecule has 0 aromatic heterocycles. The minimum absolute atomic E-state index is 0.0679. The Morgan fingerprint density at radius 2 is 1.30 bits per heavy atom. The second-order valence-corrected chi connectivity index (χ2v) is 9.79. The van der Waals surface area contributed by atoms with Gasteiger partial charge in [0, 0.05) is 18.8 Å². The molecule has 5 nitrogen and oxygen atoms in total. The zero-order chi connectivity index (χ0) is 22.9. The molecule has 0 aromatic carbocycles. The van der Waals surface area contributed by atoms with Crippen molar-refractivity contribution in [1.29, 1.82) is 0 Å². The predicted molar refractivity (Wildman–Crippen MR) is 122 cm³/mol. The molecular formula is C25H47NO4. The number of nitrogens with zero attached hydrogens (tertiary/aromatic N) is 1. The second kappa shape index (κ2) is 16.5. The molecule has 5 heteroatoms. The van der Waals surface area contributed by atoms with Crippen LogP contribution in [0.2, 0.25) is 0 Å². The summed E-state index contributed by atoms with van der Waals surface area (Å²) in [5, 5.41) is 21.6. The van der Waals surface area contributed by atoms with E-state index in [2.05, 4.69) is 19.1 Å². The lowest BCUT2D eigenvalue weighted by atomic mass is 9.89. The Balaban J connectivity index is 3.87. The van der Waals surface area contributed by atoms with E-state index in [9.17, 15) is 19.8 Å². The van der Waals surface area contributed by atoms with Crippen molar-refractivity contribution in [2.24, 2.45) is 0 Å². The number of unbranched alkanes of at least 4 members (excludes halogenated alkanes) is 11. The number of hydrogen-bond acceptors (Lipinski definition) is 4. The second-order valence-electron chi connectivity index (χ2n) is 9.79. The first-order valence-corrected chi connectivity index (χ1v) is 12.0. The molecule has 0 saturated heterocycles. The van der Waals surface area contributed by atoms with Gasteiger partial charge in [0.1, 0.15) is 6.54 Å². The fraction of sp³-hybridized carbons (Fsp3) is 0.840. The van der Waals surface area contributed by atoms with Crippen molar-refractivity contribution in [1.82, 2.24) is 0 Å². The smallest absolute Gasteiger partial charge is 0.177 e. The van der Waals surface area contributed by atoms with E-state index in [0.717, 1.165) is 19.3 Å². The number of likely N-dealkylation sites (N-methyl/N-ethyl adjacent to an activating group) is 1. The number of allylic oxidation sites excluding steroid dienone is 2. The van der Waals surface area contributed by atoms with Crippen molar-refractivity contribution in [2.75, 3.05) is 27.7 Å². The van der Waals surface area contributed by atoms with Gasteiger partial charge in [-0.2, -0.15) is 0 Å². The van der Waals surface area contributed by atoms with Crippen LogP contribution in [0, 0.1) is 0 Å². The van der Waals surface area contributed by atoms with Gasteiger partial charge in [-0.3, -0.25) is 4.79 Å². The lowest BCUT2D eigenvalue weighted by Crippen LogP contribution is -2.56. The summed E-state index contributed by atoms with van der Waals surface area (Å²) in [6.45, 7) is 2.32. The number of hydrogen-bond donors (Lipinski definition) is 1. The number of Topliss-reactive ketones (excluding diaryl/α,β-unsaturated/α-hetero) is 1. The average molecular weight is 426 g/mol. The summed E-state index contributed by atoms with van der Waals surface area (Å²) in [5.41, 5.74) is -1.84. The molecule has 0 bridgehead atoms. The van der Waals surface area contributed by atoms with Gasteiger partial charge in [-0.1, -0.05) is 70.4 Å². The SMILES string of the molecule is CCCCCCCCCCCC=CCCCCC(=O)C(O)(CC(=O)[O-])C[N+](C)(C)C. The number of aliphatic hydroxyl groups is 1. The Bertz CT molecular complexity index is 496. The molecule has 0 spiro atoms. The third kappa shape index (κ3) is 16.6. The number of carbonyl (C=O) groups is 2. The van der Waals surface area contributed by atoms with Crippen LogP contribution in [0.3, 0.4) is 0 Å². The minimum atomic E-state index is -1.84. The first kappa shape index (κ1) is 28.8. The Morgan fingerprint density at radius 1 is 0.833 bits per heavy atom. The summed E-state index contributed by atoms with van der Waals surface area (Å²) in [6, 6.07) is 0. The number of carboxylic acids is 1. The number of quaternary nitrogens is 1. The highest BCUT2D eigenvalue weighted by molar-refractivity contribution is 5.90. The summed E-state index contributed by atoms with van der Waals surface area (Å²) >= 11 is 0. The van der Waals surface area contributed by atoms with Gasteiger partial charge in [-0.25, -0.2) is 0 Å². The van der Waals surface area contributed by atoms with E-state index < -0.39 is 23.8 Å². The lowest BCUT2D eigenvalue weighted by molar-refractivity contribution is -0.875. The molecule has 1 unspecified atom stereocenters. The van der Waals surface area contributed by atoms with Crippen molar-refractivity contribution >= 4 is 11.8 Å². The first-order valence-electron chi connectivity index (χ1n) is 12.0. The third-order valence-electron chi connectivity index (χ3n) is 5.36. The fourth-order valence-electron chi connectivity index (χ4n) is 3.86. The molecule has 1 atom stereocenters. The summed E-state index contributed by atoms with van der Waals surface area (Å²) in [6.07, 6.45) is 19.6. The van der Waals surface area contributed by atoms with E-state index in [1.807, 2.05) is 21.1 Å². The summed E-state index contributed by atoms with van der Waals surface area (Å²) in [7, 11) is 5.48. The normalized spacial score (nSPS) is 14.2. The van der Waals surface area contributed by atoms with Crippen LogP contribution in [0.5, 0.6) is 0 Å². The van der Waals surface area contributed by atoms with Crippen LogP contribution in [-0.2, 0) is 9.59 Å². The number of carbonyl (C=O) groups excluding carboxylic acids is 2. The maximum Gasteiger partial charge on any atom is 0.177 e. The molecule has 1 N–H and O–H groups in total. The predicted octanol–water partition coefficient (Wildman–Crippen LogP) is 4.17. The Morgan fingerprint density at radius 3 is 1.77 bits per heavy atom. The number of carboxylic acid groups (broad SMARTS) is 1. The lowest BCUT2D eigenvalue weighted by Gasteiger charge is -2.34. The molecule has 0 radical (unpaired) electrons. The maximum atomic E-state index is 12.4. The minimum Gasteiger partial charge on any atom is -0.550 e. The first-order chi connectivity index (χ1) is 14.1. The maximum absolute atomic E-state index is 12.4. The van der Waals surface area contributed by atoms with Crippen molar-refractivity contribution in [3.8, 4) is 0 Å².